The summed E-state index contributed by atoms with van der Waals surface area (Å²) in [6.45, 7) is 3.90. The molecule has 0 heterocycles. The van der Waals surface area contributed by atoms with E-state index in [-0.39, 0.29) is 5.75 Å². The first-order valence-electron chi connectivity index (χ1n) is 14.0. The van der Waals surface area contributed by atoms with Gasteiger partial charge >= 0.3 is 0 Å². The predicted molar refractivity (Wildman–Crippen MR) is 158 cm³/mol. The molecule has 4 unspecified atom stereocenters. The molecule has 0 aliphatic heterocycles. The van der Waals surface area contributed by atoms with Crippen LogP contribution in [0.4, 0.5) is 0 Å². The molecule has 0 fully saturated rings. The first kappa shape index (κ1) is 27.2. The van der Waals surface area contributed by atoms with Crippen LogP contribution in [0, 0.1) is 0 Å². The largest absolute Gasteiger partial charge is 0.508 e. The Kier molecular flexibility index (Phi) is 7.61. The third-order valence-corrected chi connectivity index (χ3v) is 8.43. The van der Waals surface area contributed by atoms with E-state index in [9.17, 15) is 15.3 Å². The molecule has 0 aromatic heterocycles. The van der Waals surface area contributed by atoms with E-state index >= 15 is 0 Å². The first-order chi connectivity index (χ1) is 19.9. The fourth-order valence-corrected chi connectivity index (χ4v) is 6.14. The van der Waals surface area contributed by atoms with Crippen molar-refractivity contribution in [2.45, 2.75) is 51.1 Å². The summed E-state index contributed by atoms with van der Waals surface area (Å²) in [6.07, 6.45) is -1.78. The number of phenols is 1. The van der Waals surface area contributed by atoms with Gasteiger partial charge in [0.05, 0.1) is 0 Å². The van der Waals surface area contributed by atoms with Gasteiger partial charge in [-0.05, 0) is 82.9 Å². The van der Waals surface area contributed by atoms with Crippen molar-refractivity contribution in [1.82, 2.24) is 0 Å². The zero-order valence-electron chi connectivity index (χ0n) is 23.2. The molecule has 0 spiro atoms. The van der Waals surface area contributed by atoms with Gasteiger partial charge in [-0.1, -0.05) is 97.1 Å². The van der Waals surface area contributed by atoms with Crippen LogP contribution in [0.1, 0.15) is 71.6 Å². The maximum Gasteiger partial charge on any atom is 0.140 e. The lowest BCUT2D eigenvalue weighted by Gasteiger charge is -2.36. The van der Waals surface area contributed by atoms with Crippen LogP contribution in [0.5, 0.6) is 5.75 Å². The van der Waals surface area contributed by atoms with E-state index in [0.29, 0.717) is 24.0 Å². The Morgan fingerprint density at radius 3 is 1.73 bits per heavy atom. The normalized spacial score (nSPS) is 22.0. The molecule has 3 N–H and O–H groups in total. The molecule has 208 valence electrons. The number of phenolic OH excluding ortho intramolecular Hbond substituents is 1. The summed E-state index contributed by atoms with van der Waals surface area (Å²) < 4.78 is 0. The zero-order chi connectivity index (χ0) is 28.5. The van der Waals surface area contributed by atoms with Crippen LogP contribution in [0.15, 0.2) is 125 Å². The minimum atomic E-state index is -0.965. The highest BCUT2D eigenvalue weighted by atomic mass is 17.2. The number of aliphatic hydroxyl groups excluding tert-OH is 2. The van der Waals surface area contributed by atoms with Gasteiger partial charge in [-0.2, -0.15) is 0 Å². The zero-order valence-corrected chi connectivity index (χ0v) is 23.2. The van der Waals surface area contributed by atoms with Gasteiger partial charge in [0.15, 0.2) is 0 Å². The Labute approximate surface area is 240 Å². The number of fused-ring (bicyclic) bond motifs is 2. The maximum absolute atomic E-state index is 11.4. The second-order valence-electron chi connectivity index (χ2n) is 10.9. The standard InChI is InChI=1S/C36H34O5/c1-22-30(21-25-14-7-4-8-15-25)36(27-17-10-9-16-26(27)33(22)38)41-40-35-23(2)29(20-24-12-5-3-6-13-24)34(39)32-28(35)18-11-19-31(32)37/h3-19,33-39H,20-21H2,1-2H3. The lowest BCUT2D eigenvalue weighted by Crippen LogP contribution is -2.25. The number of aliphatic hydroxyl groups is 2. The molecule has 5 nitrogen and oxygen atoms in total. The van der Waals surface area contributed by atoms with E-state index in [2.05, 4.69) is 12.1 Å². The highest BCUT2D eigenvalue weighted by Gasteiger charge is 2.37. The molecule has 0 saturated heterocycles. The molecule has 0 radical (unpaired) electrons. The molecule has 2 aliphatic rings. The molecule has 4 aromatic carbocycles. The molecule has 41 heavy (non-hydrogen) atoms. The quantitative estimate of drug-likeness (QED) is 0.128. The average molecular weight is 547 g/mol. The lowest BCUT2D eigenvalue weighted by molar-refractivity contribution is -0.344. The number of hydrogen-bond acceptors (Lipinski definition) is 5. The fourth-order valence-electron chi connectivity index (χ4n) is 6.14. The van der Waals surface area contributed by atoms with E-state index in [1.165, 1.54) is 0 Å². The van der Waals surface area contributed by atoms with E-state index in [1.54, 1.807) is 12.1 Å². The molecular weight excluding hydrogens is 512 g/mol. The van der Waals surface area contributed by atoms with Gasteiger partial charge in [0.1, 0.15) is 30.2 Å². The number of aromatic hydroxyl groups is 1. The minimum absolute atomic E-state index is 0.0216. The first-order valence-corrected chi connectivity index (χ1v) is 14.0. The highest BCUT2D eigenvalue weighted by molar-refractivity contribution is 5.53. The van der Waals surface area contributed by atoms with E-state index in [0.717, 1.165) is 44.5 Å². The summed E-state index contributed by atoms with van der Waals surface area (Å²) in [5, 5.41) is 33.4. The topological polar surface area (TPSA) is 79.2 Å². The van der Waals surface area contributed by atoms with E-state index in [1.807, 2.05) is 92.7 Å². The third-order valence-electron chi connectivity index (χ3n) is 8.43. The molecule has 0 bridgehead atoms. The van der Waals surface area contributed by atoms with E-state index in [4.69, 9.17) is 9.78 Å². The minimum Gasteiger partial charge on any atom is -0.508 e. The maximum atomic E-state index is 11.4. The molecule has 0 saturated carbocycles. The monoisotopic (exact) mass is 546 g/mol. The number of benzene rings is 4. The van der Waals surface area contributed by atoms with Crippen molar-refractivity contribution in [3.05, 3.63) is 159 Å². The van der Waals surface area contributed by atoms with Crippen molar-refractivity contribution in [2.24, 2.45) is 0 Å². The second-order valence-corrected chi connectivity index (χ2v) is 10.9. The number of hydrogen-bond donors (Lipinski definition) is 3. The average Bonchev–Trinajstić information content (AvgIpc) is 3.00. The second kappa shape index (κ2) is 11.5. The van der Waals surface area contributed by atoms with Gasteiger partial charge in [-0.15, -0.1) is 0 Å². The third kappa shape index (κ3) is 5.14. The molecule has 2 aliphatic carbocycles. The van der Waals surface area contributed by atoms with Crippen LogP contribution >= 0.6 is 0 Å². The van der Waals surface area contributed by atoms with Gasteiger partial charge in [-0.25, -0.2) is 9.78 Å². The lowest BCUT2D eigenvalue weighted by atomic mass is 9.79. The van der Waals surface area contributed by atoms with Crippen LogP contribution in [0.25, 0.3) is 0 Å². The summed E-state index contributed by atoms with van der Waals surface area (Å²) in [6, 6.07) is 33.0. The molecular formula is C36H34O5. The van der Waals surface area contributed by atoms with Gasteiger partial charge in [0, 0.05) is 5.56 Å². The number of rotatable bonds is 7. The summed E-state index contributed by atoms with van der Waals surface area (Å²) in [5.41, 5.74) is 8.32. The van der Waals surface area contributed by atoms with Crippen molar-refractivity contribution in [3.8, 4) is 5.75 Å². The molecule has 4 aromatic rings. The predicted octanol–water partition coefficient (Wildman–Crippen LogP) is 7.34. The van der Waals surface area contributed by atoms with Crippen molar-refractivity contribution >= 4 is 0 Å². The summed E-state index contributed by atoms with van der Waals surface area (Å²) in [4.78, 5) is 12.7. The van der Waals surface area contributed by atoms with Gasteiger partial charge in [-0.3, -0.25) is 0 Å². The van der Waals surface area contributed by atoms with Crippen LogP contribution in [0.2, 0.25) is 0 Å². The summed E-state index contributed by atoms with van der Waals surface area (Å²) in [7, 11) is 0. The Morgan fingerprint density at radius 1 is 0.537 bits per heavy atom. The molecule has 6 rings (SSSR count). The SMILES string of the molecule is CC1=C(Cc2ccccc2)C(OOC2C(C)=C(Cc3ccccc3)C(O)c3c(O)cccc32)c2ccccc2C1O. The summed E-state index contributed by atoms with van der Waals surface area (Å²) in [5.74, 6) is 0.0216. The van der Waals surface area contributed by atoms with Gasteiger partial charge in [0.25, 0.3) is 0 Å². The van der Waals surface area contributed by atoms with Gasteiger partial charge in [0.2, 0.25) is 0 Å². The van der Waals surface area contributed by atoms with Crippen molar-refractivity contribution in [1.29, 1.82) is 0 Å². The Bertz CT molecular complexity index is 1610. The Balaban J connectivity index is 1.39. The smallest absolute Gasteiger partial charge is 0.140 e. The highest BCUT2D eigenvalue weighted by Crippen LogP contribution is 2.49. The van der Waals surface area contributed by atoms with Crippen LogP contribution in [0.3, 0.4) is 0 Å². The molecule has 5 heteroatoms. The van der Waals surface area contributed by atoms with Crippen LogP contribution in [-0.4, -0.2) is 15.3 Å². The Morgan fingerprint density at radius 2 is 1.07 bits per heavy atom. The molecule has 4 atom stereocenters. The van der Waals surface area contributed by atoms with E-state index < -0.39 is 24.4 Å². The Hall–Kier alpha value is -4.00. The fraction of sp³-hybridized carbons (Fsp3) is 0.222. The molecule has 0 amide bonds. The summed E-state index contributed by atoms with van der Waals surface area (Å²) >= 11 is 0. The van der Waals surface area contributed by atoms with Crippen molar-refractivity contribution in [3.63, 3.8) is 0 Å². The van der Waals surface area contributed by atoms with Crippen molar-refractivity contribution < 1.29 is 25.1 Å². The van der Waals surface area contributed by atoms with Gasteiger partial charge < -0.3 is 15.3 Å². The van der Waals surface area contributed by atoms with Crippen LogP contribution in [-0.2, 0) is 22.6 Å². The van der Waals surface area contributed by atoms with Crippen molar-refractivity contribution in [2.75, 3.05) is 0 Å². The van der Waals surface area contributed by atoms with Crippen LogP contribution < -0.4 is 0 Å².